The van der Waals surface area contributed by atoms with Crippen molar-refractivity contribution in [2.24, 2.45) is 0 Å². The van der Waals surface area contributed by atoms with E-state index in [1.807, 2.05) is 18.2 Å². The van der Waals surface area contributed by atoms with E-state index < -0.39 is 0 Å². The van der Waals surface area contributed by atoms with Crippen molar-refractivity contribution >= 4 is 37.8 Å². The summed E-state index contributed by atoms with van der Waals surface area (Å²) in [6.07, 6.45) is 0. The van der Waals surface area contributed by atoms with Gasteiger partial charge in [0.05, 0.1) is 5.56 Å². The van der Waals surface area contributed by atoms with Crippen LogP contribution in [0, 0.1) is 0 Å². The Kier molecular flexibility index (Phi) is 5.60. The van der Waals surface area contributed by atoms with Crippen LogP contribution in [0.2, 0.25) is 0 Å². The van der Waals surface area contributed by atoms with E-state index in [0.29, 0.717) is 18.2 Å². The van der Waals surface area contributed by atoms with Gasteiger partial charge in [-0.05, 0) is 48.2 Å². The lowest BCUT2D eigenvalue weighted by molar-refractivity contribution is 0.0880. The summed E-state index contributed by atoms with van der Waals surface area (Å²) in [6.45, 7) is 3.78. The average Bonchev–Trinajstić information content (AvgIpc) is 2.39. The van der Waals surface area contributed by atoms with Crippen LogP contribution in [0.5, 0.6) is 0 Å². The van der Waals surface area contributed by atoms with Crippen molar-refractivity contribution in [2.75, 3.05) is 40.3 Å². The maximum atomic E-state index is 12.2. The van der Waals surface area contributed by atoms with E-state index in [0.717, 1.165) is 28.6 Å². The Bertz CT molecular complexity index is 495. The molecule has 1 atom stereocenters. The number of hydrogen-bond donors (Lipinski definition) is 1. The summed E-state index contributed by atoms with van der Waals surface area (Å²) in [5.74, 6) is -0.0361. The molecule has 0 spiro atoms. The van der Waals surface area contributed by atoms with Crippen molar-refractivity contribution in [1.29, 1.82) is 0 Å². The van der Waals surface area contributed by atoms with Crippen molar-refractivity contribution in [3.63, 3.8) is 0 Å². The maximum Gasteiger partial charge on any atom is 0.252 e. The quantitative estimate of drug-likeness (QED) is 0.838. The number of halogens is 2. The fourth-order valence-corrected chi connectivity index (χ4v) is 3.53. The molecular formula is C14H19Br2N3O. The summed E-state index contributed by atoms with van der Waals surface area (Å²) in [7, 11) is 4.23. The lowest BCUT2D eigenvalue weighted by Crippen LogP contribution is -2.54. The van der Waals surface area contributed by atoms with Crippen LogP contribution in [0.3, 0.4) is 0 Å². The van der Waals surface area contributed by atoms with Gasteiger partial charge in [-0.1, -0.05) is 15.9 Å². The minimum atomic E-state index is -0.0361. The highest BCUT2D eigenvalue weighted by molar-refractivity contribution is 9.11. The molecule has 1 aromatic rings. The van der Waals surface area contributed by atoms with E-state index in [-0.39, 0.29) is 5.91 Å². The van der Waals surface area contributed by atoms with Gasteiger partial charge in [0.25, 0.3) is 5.91 Å². The molecule has 1 fully saturated rings. The lowest BCUT2D eigenvalue weighted by atomic mass is 10.1. The predicted molar refractivity (Wildman–Crippen MR) is 88.1 cm³/mol. The number of amides is 1. The van der Waals surface area contributed by atoms with E-state index in [2.05, 4.69) is 61.1 Å². The van der Waals surface area contributed by atoms with Gasteiger partial charge in [0.15, 0.2) is 0 Å². The second kappa shape index (κ2) is 7.02. The normalized spacial score (nSPS) is 20.9. The molecule has 0 aliphatic carbocycles. The van der Waals surface area contributed by atoms with E-state index in [4.69, 9.17) is 0 Å². The zero-order valence-electron chi connectivity index (χ0n) is 11.7. The van der Waals surface area contributed by atoms with Gasteiger partial charge in [0.2, 0.25) is 0 Å². The van der Waals surface area contributed by atoms with Crippen LogP contribution in [0.15, 0.2) is 27.1 Å². The van der Waals surface area contributed by atoms with Crippen molar-refractivity contribution in [2.45, 2.75) is 6.04 Å². The van der Waals surface area contributed by atoms with Gasteiger partial charge in [0, 0.05) is 41.2 Å². The highest BCUT2D eigenvalue weighted by Gasteiger charge is 2.22. The summed E-state index contributed by atoms with van der Waals surface area (Å²) in [4.78, 5) is 16.8. The summed E-state index contributed by atoms with van der Waals surface area (Å²) in [5, 5.41) is 3.03. The van der Waals surface area contributed by atoms with E-state index >= 15 is 0 Å². The monoisotopic (exact) mass is 403 g/mol. The minimum absolute atomic E-state index is 0.0361. The van der Waals surface area contributed by atoms with Crippen LogP contribution in [-0.4, -0.2) is 62.0 Å². The first-order valence-electron chi connectivity index (χ1n) is 6.59. The number of piperazine rings is 1. The molecule has 2 rings (SSSR count). The first kappa shape index (κ1) is 15.9. The van der Waals surface area contributed by atoms with E-state index in [9.17, 15) is 4.79 Å². The third-order valence-electron chi connectivity index (χ3n) is 3.65. The number of carbonyl (C=O) groups is 1. The van der Waals surface area contributed by atoms with E-state index in [1.54, 1.807) is 0 Å². The molecule has 1 aliphatic rings. The second-order valence-electron chi connectivity index (χ2n) is 5.23. The Morgan fingerprint density at radius 3 is 2.80 bits per heavy atom. The number of nitrogens with zero attached hydrogens (tertiary/aromatic N) is 2. The third-order valence-corrected chi connectivity index (χ3v) is 4.80. The summed E-state index contributed by atoms with van der Waals surface area (Å²) in [5.41, 5.74) is 0.667. The van der Waals surface area contributed by atoms with E-state index in [1.165, 1.54) is 0 Å². The van der Waals surface area contributed by atoms with Crippen LogP contribution in [0.4, 0.5) is 0 Å². The number of likely N-dealkylation sites (N-methyl/N-ethyl adjacent to an activating group) is 2. The molecule has 0 bridgehead atoms. The standard InChI is InChI=1S/C14H19Br2N3O/c1-18-5-6-19(2)11(9-18)8-17-14(20)12-4-3-10(15)7-13(12)16/h3-4,7,11H,5-6,8-9H2,1-2H3,(H,17,20). The van der Waals surface area contributed by atoms with Crippen molar-refractivity contribution in [1.82, 2.24) is 15.1 Å². The van der Waals surface area contributed by atoms with Gasteiger partial charge in [-0.25, -0.2) is 0 Å². The zero-order chi connectivity index (χ0) is 14.7. The molecule has 1 aliphatic heterocycles. The Morgan fingerprint density at radius 1 is 1.35 bits per heavy atom. The molecule has 110 valence electrons. The number of rotatable bonds is 3. The highest BCUT2D eigenvalue weighted by Crippen LogP contribution is 2.21. The van der Waals surface area contributed by atoms with Gasteiger partial charge < -0.3 is 10.2 Å². The fourth-order valence-electron chi connectivity index (χ4n) is 2.30. The molecule has 0 radical (unpaired) electrons. The van der Waals surface area contributed by atoms with Gasteiger partial charge >= 0.3 is 0 Å². The number of benzene rings is 1. The molecule has 4 nitrogen and oxygen atoms in total. The molecule has 1 saturated heterocycles. The smallest absolute Gasteiger partial charge is 0.252 e. The topological polar surface area (TPSA) is 35.6 Å². The number of hydrogen-bond acceptors (Lipinski definition) is 3. The third kappa shape index (κ3) is 4.04. The first-order chi connectivity index (χ1) is 9.47. The average molecular weight is 405 g/mol. The fraction of sp³-hybridized carbons (Fsp3) is 0.500. The van der Waals surface area contributed by atoms with Gasteiger partial charge in [-0.3, -0.25) is 9.69 Å². The maximum absolute atomic E-state index is 12.2. The minimum Gasteiger partial charge on any atom is -0.350 e. The van der Waals surface area contributed by atoms with Gasteiger partial charge in [-0.2, -0.15) is 0 Å². The highest BCUT2D eigenvalue weighted by atomic mass is 79.9. The molecule has 0 aromatic heterocycles. The van der Waals surface area contributed by atoms with Crippen molar-refractivity contribution < 1.29 is 4.79 Å². The molecule has 20 heavy (non-hydrogen) atoms. The predicted octanol–water partition coefficient (Wildman–Crippen LogP) is 2.19. The lowest BCUT2D eigenvalue weighted by Gasteiger charge is -2.37. The van der Waals surface area contributed by atoms with Crippen LogP contribution < -0.4 is 5.32 Å². The molecule has 6 heteroatoms. The molecule has 1 N–H and O–H groups in total. The molecule has 0 saturated carbocycles. The van der Waals surface area contributed by atoms with Crippen LogP contribution in [0.1, 0.15) is 10.4 Å². The molecule has 1 amide bonds. The Hall–Kier alpha value is -0.430. The summed E-state index contributed by atoms with van der Waals surface area (Å²) in [6, 6.07) is 5.95. The van der Waals surface area contributed by atoms with Gasteiger partial charge in [0.1, 0.15) is 0 Å². The molecule has 1 aromatic carbocycles. The van der Waals surface area contributed by atoms with Crippen LogP contribution >= 0.6 is 31.9 Å². The zero-order valence-corrected chi connectivity index (χ0v) is 14.9. The van der Waals surface area contributed by atoms with Crippen LogP contribution in [-0.2, 0) is 0 Å². The Morgan fingerprint density at radius 2 is 2.10 bits per heavy atom. The summed E-state index contributed by atoms with van der Waals surface area (Å²) < 4.78 is 1.76. The number of carbonyl (C=O) groups excluding carboxylic acids is 1. The Labute approximate surface area is 136 Å². The van der Waals surface area contributed by atoms with Crippen molar-refractivity contribution in [3.8, 4) is 0 Å². The number of nitrogens with one attached hydrogen (secondary N) is 1. The molecule has 1 heterocycles. The largest absolute Gasteiger partial charge is 0.350 e. The van der Waals surface area contributed by atoms with Crippen molar-refractivity contribution in [3.05, 3.63) is 32.7 Å². The van der Waals surface area contributed by atoms with Crippen LogP contribution in [0.25, 0.3) is 0 Å². The first-order valence-corrected chi connectivity index (χ1v) is 8.18. The Balaban J connectivity index is 1.94. The summed E-state index contributed by atoms with van der Waals surface area (Å²) >= 11 is 6.81. The molecular weight excluding hydrogens is 386 g/mol. The van der Waals surface area contributed by atoms with Gasteiger partial charge in [-0.15, -0.1) is 0 Å². The SMILES string of the molecule is CN1CCN(C)C(CNC(=O)c2ccc(Br)cc2Br)C1. The second-order valence-corrected chi connectivity index (χ2v) is 7.00. The molecule has 1 unspecified atom stereocenters.